The fourth-order valence-electron chi connectivity index (χ4n) is 3.43. The molecule has 0 spiro atoms. The zero-order valence-electron chi connectivity index (χ0n) is 16.4. The maximum atomic E-state index is 12.6. The Morgan fingerprint density at radius 1 is 1.23 bits per heavy atom. The molecule has 0 radical (unpaired) electrons. The van der Waals surface area contributed by atoms with Gasteiger partial charge in [0.1, 0.15) is 11.8 Å². The van der Waals surface area contributed by atoms with E-state index in [1.807, 2.05) is 30.3 Å². The lowest BCUT2D eigenvalue weighted by Gasteiger charge is -2.30. The highest BCUT2D eigenvalue weighted by Gasteiger charge is 2.25. The average molecular weight is 426 g/mol. The molecule has 1 saturated heterocycles. The number of anilines is 2. The molecule has 2 aromatic heterocycles. The van der Waals surface area contributed by atoms with E-state index in [-0.39, 0.29) is 17.8 Å². The molecule has 9 heteroatoms. The van der Waals surface area contributed by atoms with Crippen molar-refractivity contribution in [3.63, 3.8) is 0 Å². The standard InChI is InChI=1S/C21H23N5O3S/c27-13-1-10-26-11-6-15(7-12-26)20(28)24-21-23-18-3-2-16(14-19(18)29-21)25-30-17-4-8-22-9-5-17/h2-5,8-9,13-15,25H,1,6-7,10-12H2,(H,23,24,28). The number of pyridine rings is 1. The van der Waals surface area contributed by atoms with Gasteiger partial charge in [0, 0.05) is 47.9 Å². The first-order chi connectivity index (χ1) is 14.7. The Morgan fingerprint density at radius 3 is 2.80 bits per heavy atom. The number of piperidine rings is 1. The van der Waals surface area contributed by atoms with Gasteiger partial charge in [-0.1, -0.05) is 0 Å². The van der Waals surface area contributed by atoms with Gasteiger partial charge in [-0.2, -0.15) is 4.98 Å². The van der Waals surface area contributed by atoms with Crippen LogP contribution in [-0.2, 0) is 9.59 Å². The van der Waals surface area contributed by atoms with Crippen LogP contribution < -0.4 is 10.0 Å². The quantitative estimate of drug-likeness (QED) is 0.417. The van der Waals surface area contributed by atoms with E-state index < -0.39 is 0 Å². The Hall–Kier alpha value is -2.91. The Bertz CT molecular complexity index is 1000. The third kappa shape index (κ3) is 5.17. The number of carbonyl (C=O) groups excluding carboxylic acids is 2. The van der Waals surface area contributed by atoms with Crippen molar-refractivity contribution in [1.29, 1.82) is 0 Å². The van der Waals surface area contributed by atoms with Gasteiger partial charge in [0.25, 0.3) is 0 Å². The van der Waals surface area contributed by atoms with E-state index in [4.69, 9.17) is 4.42 Å². The zero-order chi connectivity index (χ0) is 20.8. The van der Waals surface area contributed by atoms with Gasteiger partial charge in [0.15, 0.2) is 5.58 Å². The fraction of sp³-hybridized carbons (Fsp3) is 0.333. The third-order valence-electron chi connectivity index (χ3n) is 5.08. The first kappa shape index (κ1) is 20.4. The molecule has 0 unspecified atom stereocenters. The van der Waals surface area contributed by atoms with Gasteiger partial charge < -0.3 is 18.8 Å². The number of carbonyl (C=O) groups is 2. The Balaban J connectivity index is 1.33. The predicted molar refractivity (Wildman–Crippen MR) is 116 cm³/mol. The second kappa shape index (κ2) is 9.73. The molecular weight excluding hydrogens is 402 g/mol. The number of amides is 1. The van der Waals surface area contributed by atoms with Crippen LogP contribution in [0.2, 0.25) is 0 Å². The van der Waals surface area contributed by atoms with Crippen molar-refractivity contribution in [2.45, 2.75) is 24.2 Å². The molecule has 1 aliphatic rings. The Morgan fingerprint density at radius 2 is 2.03 bits per heavy atom. The molecule has 156 valence electrons. The van der Waals surface area contributed by atoms with Crippen LogP contribution in [0.4, 0.5) is 11.7 Å². The van der Waals surface area contributed by atoms with Crippen molar-refractivity contribution in [2.24, 2.45) is 5.92 Å². The van der Waals surface area contributed by atoms with Gasteiger partial charge in [0.2, 0.25) is 5.91 Å². The van der Waals surface area contributed by atoms with Crippen molar-refractivity contribution in [3.05, 3.63) is 42.7 Å². The van der Waals surface area contributed by atoms with Gasteiger partial charge in [0.05, 0.1) is 0 Å². The van der Waals surface area contributed by atoms with Crippen LogP contribution in [0.1, 0.15) is 19.3 Å². The molecule has 3 aromatic rings. The maximum Gasteiger partial charge on any atom is 0.302 e. The highest BCUT2D eigenvalue weighted by atomic mass is 32.2. The molecular formula is C21H23N5O3S. The molecule has 1 amide bonds. The highest BCUT2D eigenvalue weighted by Crippen LogP contribution is 2.27. The van der Waals surface area contributed by atoms with E-state index in [2.05, 4.69) is 24.9 Å². The van der Waals surface area contributed by atoms with E-state index >= 15 is 0 Å². The number of aldehydes is 1. The van der Waals surface area contributed by atoms with Crippen LogP contribution in [0.25, 0.3) is 11.1 Å². The topological polar surface area (TPSA) is 100 Å². The maximum absolute atomic E-state index is 12.6. The van der Waals surface area contributed by atoms with Crippen molar-refractivity contribution in [1.82, 2.24) is 14.9 Å². The minimum absolute atomic E-state index is 0.0665. The van der Waals surface area contributed by atoms with Crippen LogP contribution >= 0.6 is 11.9 Å². The van der Waals surface area contributed by atoms with Crippen molar-refractivity contribution in [3.8, 4) is 0 Å². The molecule has 8 nitrogen and oxygen atoms in total. The number of hydrogen-bond donors (Lipinski definition) is 2. The number of fused-ring (bicyclic) bond motifs is 1. The number of aromatic nitrogens is 2. The smallest absolute Gasteiger partial charge is 0.302 e. The minimum Gasteiger partial charge on any atom is -0.423 e. The monoisotopic (exact) mass is 425 g/mol. The Labute approximate surface area is 178 Å². The Kier molecular flexibility index (Phi) is 6.60. The normalized spacial score (nSPS) is 15.2. The second-order valence-corrected chi connectivity index (χ2v) is 8.03. The van der Waals surface area contributed by atoms with Crippen molar-refractivity contribution >= 4 is 46.9 Å². The van der Waals surface area contributed by atoms with Gasteiger partial charge in [-0.05, 0) is 62.1 Å². The van der Waals surface area contributed by atoms with Crippen molar-refractivity contribution in [2.75, 3.05) is 29.7 Å². The van der Waals surface area contributed by atoms with E-state index in [9.17, 15) is 9.59 Å². The second-order valence-electron chi connectivity index (χ2n) is 7.15. The van der Waals surface area contributed by atoms with Crippen LogP contribution in [0.5, 0.6) is 0 Å². The summed E-state index contributed by atoms with van der Waals surface area (Å²) < 4.78 is 9.01. The summed E-state index contributed by atoms with van der Waals surface area (Å²) in [4.78, 5) is 34.7. The molecule has 0 saturated carbocycles. The molecule has 1 fully saturated rings. The lowest BCUT2D eigenvalue weighted by Crippen LogP contribution is -2.38. The first-order valence-electron chi connectivity index (χ1n) is 9.91. The number of likely N-dealkylation sites (tertiary alicyclic amines) is 1. The summed E-state index contributed by atoms with van der Waals surface area (Å²) in [5, 5.41) is 2.81. The van der Waals surface area contributed by atoms with E-state index in [1.165, 1.54) is 11.9 Å². The first-order valence-corrected chi connectivity index (χ1v) is 10.7. The minimum atomic E-state index is -0.0681. The summed E-state index contributed by atoms with van der Waals surface area (Å²) in [5.41, 5.74) is 2.17. The van der Waals surface area contributed by atoms with Crippen LogP contribution in [-0.4, -0.2) is 46.7 Å². The summed E-state index contributed by atoms with van der Waals surface area (Å²) in [6, 6.07) is 9.69. The molecule has 30 heavy (non-hydrogen) atoms. The molecule has 1 aliphatic heterocycles. The largest absolute Gasteiger partial charge is 0.423 e. The lowest BCUT2D eigenvalue weighted by molar-refractivity contribution is -0.121. The molecule has 0 atom stereocenters. The van der Waals surface area contributed by atoms with Crippen molar-refractivity contribution < 1.29 is 14.0 Å². The van der Waals surface area contributed by atoms with Gasteiger partial charge in [-0.25, -0.2) is 0 Å². The summed E-state index contributed by atoms with van der Waals surface area (Å²) in [7, 11) is 0. The number of nitrogens with one attached hydrogen (secondary N) is 2. The van der Waals surface area contributed by atoms with E-state index in [0.717, 1.165) is 49.3 Å². The average Bonchev–Trinajstić information content (AvgIpc) is 3.18. The lowest BCUT2D eigenvalue weighted by atomic mass is 9.96. The van der Waals surface area contributed by atoms with Gasteiger partial charge in [-0.3, -0.25) is 15.1 Å². The van der Waals surface area contributed by atoms with Gasteiger partial charge in [-0.15, -0.1) is 0 Å². The molecule has 1 aromatic carbocycles. The highest BCUT2D eigenvalue weighted by molar-refractivity contribution is 8.00. The van der Waals surface area contributed by atoms with E-state index in [1.54, 1.807) is 12.4 Å². The van der Waals surface area contributed by atoms with Gasteiger partial charge >= 0.3 is 6.01 Å². The molecule has 0 aliphatic carbocycles. The predicted octanol–water partition coefficient (Wildman–Crippen LogP) is 3.58. The third-order valence-corrected chi connectivity index (χ3v) is 5.92. The molecule has 0 bridgehead atoms. The molecule has 4 rings (SSSR count). The summed E-state index contributed by atoms with van der Waals surface area (Å²) >= 11 is 1.48. The molecule has 2 N–H and O–H groups in total. The SMILES string of the molecule is O=CCCN1CCC(C(=O)Nc2nc3ccc(NSc4ccncc4)cc3o2)CC1. The number of benzene rings is 1. The zero-order valence-corrected chi connectivity index (χ0v) is 17.2. The summed E-state index contributed by atoms with van der Waals surface area (Å²) in [5.74, 6) is -0.135. The van der Waals surface area contributed by atoms with E-state index in [0.29, 0.717) is 17.5 Å². The molecule has 3 heterocycles. The van der Waals surface area contributed by atoms with Crippen LogP contribution in [0.3, 0.4) is 0 Å². The number of oxazole rings is 1. The van der Waals surface area contributed by atoms with Crippen LogP contribution in [0, 0.1) is 5.92 Å². The summed E-state index contributed by atoms with van der Waals surface area (Å²) in [6.07, 6.45) is 6.50. The number of rotatable bonds is 8. The fourth-order valence-corrected chi connectivity index (χ4v) is 4.05. The summed E-state index contributed by atoms with van der Waals surface area (Å²) in [6.45, 7) is 2.41. The number of nitrogens with zero attached hydrogens (tertiary/aromatic N) is 3. The number of hydrogen-bond acceptors (Lipinski definition) is 8. The van der Waals surface area contributed by atoms with Crippen LogP contribution in [0.15, 0.2) is 52.0 Å².